The Kier molecular flexibility index (Phi) is 8.01. The number of hydrogen-bond donors (Lipinski definition) is 0. The first kappa shape index (κ1) is 26.3. The van der Waals surface area contributed by atoms with E-state index in [0.717, 1.165) is 18.4 Å². The van der Waals surface area contributed by atoms with Crippen molar-refractivity contribution < 1.29 is 22.3 Å². The van der Waals surface area contributed by atoms with Crippen LogP contribution in [0.4, 0.5) is 4.39 Å². The largest absolute Gasteiger partial charge is 0.376 e. The quantitative estimate of drug-likeness (QED) is 0.278. The molecule has 1 fully saturated rings. The van der Waals surface area contributed by atoms with Crippen LogP contribution in [0.1, 0.15) is 39.3 Å². The number of amides is 1. The van der Waals surface area contributed by atoms with E-state index < -0.39 is 21.4 Å². The molecule has 1 aliphatic rings. The van der Waals surface area contributed by atoms with Crippen LogP contribution in [0.3, 0.4) is 0 Å². The second-order valence-corrected chi connectivity index (χ2v) is 12.1. The summed E-state index contributed by atoms with van der Waals surface area (Å²) in [5.41, 5.74) is 1.53. The highest BCUT2D eigenvalue weighted by atomic mass is 32.2. The summed E-state index contributed by atoms with van der Waals surface area (Å²) < 4.78 is 48.8. The van der Waals surface area contributed by atoms with Crippen LogP contribution in [0, 0.1) is 5.82 Å². The van der Waals surface area contributed by atoms with Gasteiger partial charge in [0.1, 0.15) is 5.82 Å². The molecule has 2 aromatic heterocycles. The molecule has 5 rings (SSSR count). The van der Waals surface area contributed by atoms with E-state index in [1.807, 2.05) is 41.8 Å². The van der Waals surface area contributed by atoms with Crippen molar-refractivity contribution in [2.24, 2.45) is 0 Å². The van der Waals surface area contributed by atoms with Gasteiger partial charge in [-0.1, -0.05) is 54.6 Å². The predicted octanol–water partition coefficient (Wildman–Crippen LogP) is 4.93. The Morgan fingerprint density at radius 1 is 1.11 bits per heavy atom. The van der Waals surface area contributed by atoms with Gasteiger partial charge in [-0.25, -0.2) is 17.8 Å². The predicted molar refractivity (Wildman–Crippen MR) is 143 cm³/mol. The summed E-state index contributed by atoms with van der Waals surface area (Å²) in [5.74, 6) is -1.24. The number of benzene rings is 2. The van der Waals surface area contributed by atoms with E-state index in [1.165, 1.54) is 35.7 Å². The molecule has 0 unspecified atom stereocenters. The highest BCUT2D eigenvalue weighted by Crippen LogP contribution is 2.24. The van der Waals surface area contributed by atoms with Crippen molar-refractivity contribution in [2.75, 3.05) is 13.2 Å². The van der Waals surface area contributed by atoms with Crippen molar-refractivity contribution in [1.29, 1.82) is 0 Å². The first-order valence-electron chi connectivity index (χ1n) is 12.4. The SMILES string of the molecule is O=C(c1cccs1)N(Cc1cnc(S(=O)(=O)Cc2ccccc2F)n1Cc1ccccc1)C[C@H]1CCCO1. The van der Waals surface area contributed by atoms with E-state index in [1.54, 1.807) is 21.6 Å². The zero-order chi connectivity index (χ0) is 26.5. The van der Waals surface area contributed by atoms with Gasteiger partial charge in [-0.2, -0.15) is 0 Å². The highest BCUT2D eigenvalue weighted by Gasteiger charge is 2.29. The number of carbonyl (C=O) groups excluding carboxylic acids is 1. The van der Waals surface area contributed by atoms with Crippen molar-refractivity contribution in [3.8, 4) is 0 Å². The number of sulfone groups is 1. The summed E-state index contributed by atoms with van der Waals surface area (Å²) in [4.78, 5) is 20.0. The lowest BCUT2D eigenvalue weighted by Crippen LogP contribution is -2.37. The summed E-state index contributed by atoms with van der Waals surface area (Å²) >= 11 is 1.36. The summed E-state index contributed by atoms with van der Waals surface area (Å²) in [5, 5.41) is 1.70. The maximum absolute atomic E-state index is 14.3. The van der Waals surface area contributed by atoms with E-state index in [9.17, 15) is 17.6 Å². The van der Waals surface area contributed by atoms with Gasteiger partial charge in [-0.15, -0.1) is 11.3 Å². The Balaban J connectivity index is 1.51. The first-order chi connectivity index (χ1) is 18.4. The second-order valence-electron chi connectivity index (χ2n) is 9.25. The second kappa shape index (κ2) is 11.6. The monoisotopic (exact) mass is 553 g/mol. The number of halogens is 1. The molecule has 7 nitrogen and oxygen atoms in total. The Hall–Kier alpha value is -3.34. The Morgan fingerprint density at radius 3 is 2.61 bits per heavy atom. The molecule has 0 radical (unpaired) electrons. The van der Waals surface area contributed by atoms with E-state index >= 15 is 0 Å². The minimum absolute atomic E-state index is 0.0753. The fourth-order valence-corrected chi connectivity index (χ4v) is 6.79. The lowest BCUT2D eigenvalue weighted by molar-refractivity contribution is 0.0505. The van der Waals surface area contributed by atoms with Crippen LogP contribution in [-0.4, -0.2) is 48.0 Å². The number of ether oxygens (including phenoxy) is 1. The standard InChI is InChI=1S/C28H28FN3O4S2/c29-25-12-5-4-10-22(25)20-38(34,35)28-30-16-23(32(28)17-21-8-2-1-3-9-21)18-31(19-24-11-6-14-36-24)27(33)26-13-7-15-37-26/h1-5,7-10,12-13,15-16,24H,6,11,14,17-20H2/t24-/m1/s1. The molecular weight excluding hydrogens is 525 g/mol. The van der Waals surface area contributed by atoms with Gasteiger partial charge in [-0.3, -0.25) is 4.79 Å². The molecule has 0 saturated carbocycles. The lowest BCUT2D eigenvalue weighted by Gasteiger charge is -2.26. The molecule has 1 saturated heterocycles. The third kappa shape index (κ3) is 6.03. The normalized spacial score (nSPS) is 15.6. The molecule has 38 heavy (non-hydrogen) atoms. The molecule has 0 spiro atoms. The van der Waals surface area contributed by atoms with Crippen molar-refractivity contribution in [1.82, 2.24) is 14.5 Å². The molecule has 0 N–H and O–H groups in total. The average molecular weight is 554 g/mol. The molecule has 4 aromatic rings. The number of carbonyl (C=O) groups is 1. The van der Waals surface area contributed by atoms with Gasteiger partial charge < -0.3 is 14.2 Å². The zero-order valence-electron chi connectivity index (χ0n) is 20.7. The Morgan fingerprint density at radius 2 is 1.89 bits per heavy atom. The molecule has 1 amide bonds. The van der Waals surface area contributed by atoms with Gasteiger partial charge in [-0.05, 0) is 35.9 Å². The molecular formula is C28H28FN3O4S2. The Bertz CT molecular complexity index is 1480. The molecule has 2 aromatic carbocycles. The molecule has 3 heterocycles. The molecule has 0 bridgehead atoms. The van der Waals surface area contributed by atoms with Crippen LogP contribution in [-0.2, 0) is 33.4 Å². The van der Waals surface area contributed by atoms with Crippen LogP contribution in [0.15, 0.2) is 83.5 Å². The highest BCUT2D eigenvalue weighted by molar-refractivity contribution is 7.90. The van der Waals surface area contributed by atoms with Crippen molar-refractivity contribution in [3.05, 3.63) is 106 Å². The number of thiophene rings is 1. The van der Waals surface area contributed by atoms with Gasteiger partial charge in [0, 0.05) is 18.7 Å². The molecule has 1 aliphatic heterocycles. The third-order valence-electron chi connectivity index (χ3n) is 6.49. The smallest absolute Gasteiger partial charge is 0.264 e. The fraction of sp³-hybridized carbons (Fsp3) is 0.286. The summed E-state index contributed by atoms with van der Waals surface area (Å²) in [6.07, 6.45) is 3.23. The zero-order valence-corrected chi connectivity index (χ0v) is 22.3. The third-order valence-corrected chi connectivity index (χ3v) is 8.92. The fourth-order valence-electron chi connectivity index (χ4n) is 4.59. The average Bonchev–Trinajstić information content (AvgIpc) is 3.69. The van der Waals surface area contributed by atoms with E-state index in [-0.39, 0.29) is 35.8 Å². The molecule has 10 heteroatoms. The molecule has 1 atom stereocenters. The maximum Gasteiger partial charge on any atom is 0.264 e. The minimum atomic E-state index is -4.00. The van der Waals surface area contributed by atoms with Crippen LogP contribution >= 0.6 is 11.3 Å². The summed E-state index contributed by atoms with van der Waals surface area (Å²) in [7, 11) is -4.00. The van der Waals surface area contributed by atoms with Crippen LogP contribution < -0.4 is 0 Å². The van der Waals surface area contributed by atoms with E-state index in [2.05, 4.69) is 4.98 Å². The molecule has 198 valence electrons. The molecule has 0 aliphatic carbocycles. The summed E-state index contributed by atoms with van der Waals surface area (Å²) in [6, 6.07) is 18.9. The van der Waals surface area contributed by atoms with Gasteiger partial charge in [0.05, 0.1) is 41.7 Å². The van der Waals surface area contributed by atoms with Crippen molar-refractivity contribution >= 4 is 27.1 Å². The van der Waals surface area contributed by atoms with Gasteiger partial charge in [0.15, 0.2) is 0 Å². The number of nitrogens with zero attached hydrogens (tertiary/aromatic N) is 3. The van der Waals surface area contributed by atoms with Crippen LogP contribution in [0.5, 0.6) is 0 Å². The Labute approximate surface area is 225 Å². The van der Waals surface area contributed by atoms with Crippen molar-refractivity contribution in [2.45, 2.75) is 42.9 Å². The van der Waals surface area contributed by atoms with Gasteiger partial charge in [0.2, 0.25) is 15.0 Å². The summed E-state index contributed by atoms with van der Waals surface area (Å²) in [6.45, 7) is 1.45. The van der Waals surface area contributed by atoms with Crippen molar-refractivity contribution in [3.63, 3.8) is 0 Å². The topological polar surface area (TPSA) is 81.5 Å². The number of imidazole rings is 1. The lowest BCUT2D eigenvalue weighted by atomic mass is 10.2. The minimum Gasteiger partial charge on any atom is -0.376 e. The number of hydrogen-bond acceptors (Lipinski definition) is 6. The van der Waals surface area contributed by atoms with Gasteiger partial charge in [0.25, 0.3) is 5.91 Å². The van der Waals surface area contributed by atoms with Crippen LogP contribution in [0.25, 0.3) is 0 Å². The van der Waals surface area contributed by atoms with Crippen LogP contribution in [0.2, 0.25) is 0 Å². The van der Waals surface area contributed by atoms with E-state index in [4.69, 9.17) is 4.74 Å². The number of aromatic nitrogens is 2. The maximum atomic E-state index is 14.3. The van der Waals surface area contributed by atoms with Gasteiger partial charge >= 0.3 is 0 Å². The number of rotatable bonds is 10. The van der Waals surface area contributed by atoms with E-state index in [0.29, 0.717) is 23.7 Å². The first-order valence-corrected chi connectivity index (χ1v) is 14.9.